The van der Waals surface area contributed by atoms with Crippen LogP contribution in [0.5, 0.6) is 0 Å². The number of rotatable bonds is 2. The molecule has 4 nitrogen and oxygen atoms in total. The summed E-state index contributed by atoms with van der Waals surface area (Å²) in [6.45, 7) is 0.721. The normalized spacial score (nSPS) is 28.1. The van der Waals surface area contributed by atoms with Crippen molar-refractivity contribution in [2.45, 2.75) is 212 Å². The quantitative estimate of drug-likeness (QED) is 0.242. The lowest BCUT2D eigenvalue weighted by atomic mass is 9.83. The van der Waals surface area contributed by atoms with Gasteiger partial charge in [-0.3, -0.25) is 0 Å². The lowest BCUT2D eigenvalue weighted by Crippen LogP contribution is -2.22. The lowest BCUT2D eigenvalue weighted by Gasteiger charge is -2.24. The van der Waals surface area contributed by atoms with Gasteiger partial charge in [-0.25, -0.2) is 0 Å². The van der Waals surface area contributed by atoms with E-state index in [2.05, 4.69) is 0 Å². The minimum Gasteiger partial charge on any atom is -0.400 e. The second-order valence-electron chi connectivity index (χ2n) is 14.7. The second-order valence-corrected chi connectivity index (χ2v) is 14.7. The number of aliphatic hydroxyl groups excluding tert-OH is 4. The van der Waals surface area contributed by atoms with Crippen LogP contribution < -0.4 is 0 Å². The van der Waals surface area contributed by atoms with Crippen LogP contribution in [-0.2, 0) is 0 Å². The summed E-state index contributed by atoms with van der Waals surface area (Å²) in [4.78, 5) is 0. The van der Waals surface area contributed by atoms with Crippen LogP contribution in [0.3, 0.4) is 0 Å². The van der Waals surface area contributed by atoms with Crippen molar-refractivity contribution < 1.29 is 20.4 Å². The fraction of sp³-hybridized carbons (Fsp3) is 1.00. The topological polar surface area (TPSA) is 80.9 Å². The average molecular weight is 641 g/mol. The molecular weight excluding hydrogens is 556 g/mol. The highest BCUT2D eigenvalue weighted by atomic mass is 16.3. The zero-order valence-corrected chi connectivity index (χ0v) is 30.8. The van der Waals surface area contributed by atoms with Gasteiger partial charge in [-0.1, -0.05) is 193 Å². The molecule has 272 valence electrons. The molecule has 4 N–H and O–H groups in total. The van der Waals surface area contributed by atoms with Crippen LogP contribution in [0.1, 0.15) is 212 Å². The molecule has 0 aliphatic heterocycles. The molecule has 0 aromatic heterocycles. The van der Waals surface area contributed by atoms with Gasteiger partial charge in [0.1, 0.15) is 0 Å². The molecule has 45 heavy (non-hydrogen) atoms. The largest absolute Gasteiger partial charge is 0.400 e. The monoisotopic (exact) mass is 641 g/mol. The van der Waals surface area contributed by atoms with Gasteiger partial charge in [0, 0.05) is 27.4 Å². The molecule has 0 heterocycles. The van der Waals surface area contributed by atoms with E-state index in [1.807, 2.05) is 0 Å². The zero-order chi connectivity index (χ0) is 33.1. The number of fused-ring (bicyclic) bond motifs is 2. The molecular formula is C41H84O4. The van der Waals surface area contributed by atoms with Crippen LogP contribution in [0.15, 0.2) is 0 Å². The fourth-order valence-electron chi connectivity index (χ4n) is 8.26. The minimum absolute atomic E-state index is 0.360. The number of hydrogen-bond acceptors (Lipinski definition) is 4. The van der Waals surface area contributed by atoms with Crippen molar-refractivity contribution in [2.24, 2.45) is 23.7 Å². The SMILES string of the molecule is C1CCCCCCCCC1.C1CCCCCCCCC1.C1CCCCCCCCC1.CO.CO.OCC1CC2CC1CC2CO. The van der Waals surface area contributed by atoms with Crippen LogP contribution in [-0.4, -0.2) is 47.9 Å². The summed E-state index contributed by atoms with van der Waals surface area (Å²) in [5.74, 6) is 2.56. The molecule has 5 fully saturated rings. The Morgan fingerprint density at radius 1 is 0.267 bits per heavy atom. The molecule has 5 rings (SSSR count). The second kappa shape index (κ2) is 36.7. The summed E-state index contributed by atoms with van der Waals surface area (Å²) in [5.41, 5.74) is 0. The van der Waals surface area contributed by atoms with Gasteiger partial charge >= 0.3 is 0 Å². The van der Waals surface area contributed by atoms with Crippen LogP contribution in [0.4, 0.5) is 0 Å². The Kier molecular flexibility index (Phi) is 36.5. The third kappa shape index (κ3) is 26.5. The smallest absolute Gasteiger partial charge is 0.0462 e. The standard InChI is InChI=1S/3C10H20.C9H16O2.2CH4O/c3*1-2-4-6-8-10-9-7-5-3-1;10-4-8-2-6-1-7(8)3-9(6)5-11;2*1-2/h3*1-10H2;6-11H,1-5H2;2*2H,1H3. The summed E-state index contributed by atoms with van der Waals surface area (Å²) in [6, 6.07) is 0. The Hall–Kier alpha value is -0.160. The highest BCUT2D eigenvalue weighted by Gasteiger charge is 2.44. The maximum absolute atomic E-state index is 8.98. The first kappa shape index (κ1) is 44.8. The summed E-state index contributed by atoms with van der Waals surface area (Å²) >= 11 is 0. The van der Waals surface area contributed by atoms with Crippen LogP contribution in [0, 0.1) is 23.7 Å². The van der Waals surface area contributed by atoms with Gasteiger partial charge in [0.15, 0.2) is 0 Å². The molecule has 2 bridgehead atoms. The van der Waals surface area contributed by atoms with Gasteiger partial charge in [0.05, 0.1) is 0 Å². The maximum atomic E-state index is 8.98. The van der Waals surface area contributed by atoms with Crippen molar-refractivity contribution in [1.82, 2.24) is 0 Å². The van der Waals surface area contributed by atoms with Crippen molar-refractivity contribution >= 4 is 0 Å². The van der Waals surface area contributed by atoms with Crippen molar-refractivity contribution in [2.75, 3.05) is 27.4 Å². The molecule has 0 radical (unpaired) electrons. The molecule has 0 aromatic rings. The molecule has 0 aromatic carbocycles. The van der Waals surface area contributed by atoms with Crippen LogP contribution >= 0.6 is 0 Å². The van der Waals surface area contributed by atoms with E-state index in [-0.39, 0.29) is 0 Å². The predicted octanol–water partition coefficient (Wildman–Crippen LogP) is 11.6. The van der Waals surface area contributed by atoms with Crippen LogP contribution in [0.25, 0.3) is 0 Å². The van der Waals surface area contributed by atoms with Crippen molar-refractivity contribution in [1.29, 1.82) is 0 Å². The van der Waals surface area contributed by atoms with Gasteiger partial charge in [-0.15, -0.1) is 0 Å². The Bertz CT molecular complexity index is 378. The third-order valence-corrected chi connectivity index (χ3v) is 11.1. The van der Waals surface area contributed by atoms with Gasteiger partial charge in [0.25, 0.3) is 0 Å². The van der Waals surface area contributed by atoms with E-state index in [4.69, 9.17) is 20.4 Å². The first-order chi connectivity index (χ1) is 22.3. The first-order valence-corrected chi connectivity index (χ1v) is 20.5. The minimum atomic E-state index is 0.360. The van der Waals surface area contributed by atoms with Crippen molar-refractivity contribution in [3.05, 3.63) is 0 Å². The summed E-state index contributed by atoms with van der Waals surface area (Å²) in [7, 11) is 2.00. The number of hydrogen-bond donors (Lipinski definition) is 4. The lowest BCUT2D eigenvalue weighted by molar-refractivity contribution is 0.122. The Morgan fingerprint density at radius 2 is 0.400 bits per heavy atom. The van der Waals surface area contributed by atoms with E-state index in [9.17, 15) is 0 Å². The van der Waals surface area contributed by atoms with E-state index >= 15 is 0 Å². The molecule has 4 heteroatoms. The molecule has 5 saturated carbocycles. The van der Waals surface area contributed by atoms with E-state index in [0.29, 0.717) is 25.0 Å². The van der Waals surface area contributed by atoms with E-state index in [0.717, 1.165) is 38.9 Å². The molecule has 4 unspecified atom stereocenters. The third-order valence-electron chi connectivity index (χ3n) is 11.1. The van der Waals surface area contributed by atoms with Crippen molar-refractivity contribution in [3.63, 3.8) is 0 Å². The molecule has 4 atom stereocenters. The maximum Gasteiger partial charge on any atom is 0.0462 e. The fourth-order valence-corrected chi connectivity index (χ4v) is 8.26. The Balaban J connectivity index is 0.000000553. The van der Waals surface area contributed by atoms with Gasteiger partial charge in [0.2, 0.25) is 0 Å². The molecule has 0 spiro atoms. The molecule has 5 aliphatic carbocycles. The molecule has 0 saturated heterocycles. The summed E-state index contributed by atoms with van der Waals surface area (Å²) in [6.07, 6.45) is 48.6. The van der Waals surface area contributed by atoms with Gasteiger partial charge in [-0.05, 0) is 42.9 Å². The van der Waals surface area contributed by atoms with Gasteiger partial charge < -0.3 is 20.4 Å². The Labute approximate surface area is 283 Å². The summed E-state index contributed by atoms with van der Waals surface area (Å²) < 4.78 is 0. The zero-order valence-electron chi connectivity index (χ0n) is 30.8. The average Bonchev–Trinajstić information content (AvgIpc) is 3.73. The summed E-state index contributed by atoms with van der Waals surface area (Å²) in [5, 5.41) is 32.0. The first-order valence-electron chi connectivity index (χ1n) is 20.5. The van der Waals surface area contributed by atoms with Crippen molar-refractivity contribution in [3.8, 4) is 0 Å². The number of aliphatic hydroxyl groups is 4. The predicted molar refractivity (Wildman–Crippen MR) is 197 cm³/mol. The van der Waals surface area contributed by atoms with E-state index < -0.39 is 0 Å². The highest BCUT2D eigenvalue weighted by Crippen LogP contribution is 2.51. The van der Waals surface area contributed by atoms with E-state index in [1.54, 1.807) is 0 Å². The van der Waals surface area contributed by atoms with Crippen LogP contribution in [0.2, 0.25) is 0 Å². The highest BCUT2D eigenvalue weighted by molar-refractivity contribution is 4.94. The molecule has 0 amide bonds. The molecule has 5 aliphatic rings. The Morgan fingerprint density at radius 3 is 0.489 bits per heavy atom. The van der Waals surface area contributed by atoms with Gasteiger partial charge in [-0.2, -0.15) is 0 Å². The van der Waals surface area contributed by atoms with E-state index in [1.165, 1.54) is 199 Å².